The largest absolute Gasteiger partial charge is 0.347 e. The van der Waals surface area contributed by atoms with Crippen molar-refractivity contribution in [3.63, 3.8) is 0 Å². The normalized spacial score (nSPS) is 48.6. The second kappa shape index (κ2) is 9.57. The van der Waals surface area contributed by atoms with E-state index in [0.29, 0.717) is 29.1 Å². The summed E-state index contributed by atoms with van der Waals surface area (Å²) in [6.07, 6.45) is 15.4. The molecule has 0 aromatic heterocycles. The molecule has 1 spiro atoms. The zero-order chi connectivity index (χ0) is 27.1. The SMILES string of the molecule is CC[C@H](/C=C/[C@@H](C)[C@H]1CC[C@H]2[C@@H]3CC4(OCCO4)[C@H]4C[C@@H]5OC(C)(C)O[C@@H]5C[C@]4(C)[C@H]3CC[C@]12C)C(C)C. The molecule has 4 saturated carbocycles. The summed E-state index contributed by atoms with van der Waals surface area (Å²) in [6.45, 7) is 20.5. The van der Waals surface area contributed by atoms with Gasteiger partial charge >= 0.3 is 0 Å². The van der Waals surface area contributed by atoms with Crippen LogP contribution in [0.4, 0.5) is 0 Å². The molecule has 0 aromatic rings. The third-order valence-corrected chi connectivity index (χ3v) is 13.0. The van der Waals surface area contributed by atoms with Gasteiger partial charge in [-0.2, -0.15) is 0 Å². The minimum atomic E-state index is -0.483. The number of allylic oxidation sites excluding steroid dienone is 2. The van der Waals surface area contributed by atoms with Crippen LogP contribution in [0.1, 0.15) is 107 Å². The summed E-state index contributed by atoms with van der Waals surface area (Å²) in [6, 6.07) is 0. The maximum Gasteiger partial charge on any atom is 0.172 e. The molecule has 11 atom stereocenters. The molecule has 4 heteroatoms. The molecule has 216 valence electrons. The van der Waals surface area contributed by atoms with Gasteiger partial charge in [0.25, 0.3) is 0 Å². The van der Waals surface area contributed by atoms with Gasteiger partial charge in [0.05, 0.1) is 25.4 Å². The first-order chi connectivity index (χ1) is 17.9. The van der Waals surface area contributed by atoms with Crippen LogP contribution in [0.25, 0.3) is 0 Å². The lowest BCUT2D eigenvalue weighted by molar-refractivity contribution is -0.300. The Morgan fingerprint density at radius 2 is 1.50 bits per heavy atom. The standard InChI is InChI=1S/C34H56O4/c1-9-23(21(2)3)11-10-22(4)25-12-13-26-24-19-34(35-16-17-36-34)30-18-28-29(38-31(5,6)37-28)20-33(30,8)27(24)14-15-32(25,26)7/h10-11,21-30H,9,12-20H2,1-8H3/b11-10+/t22-,23-,24+,25-,26+,27+,28+,29-,30+,32-,33-/m1/s1. The molecule has 2 heterocycles. The van der Waals surface area contributed by atoms with E-state index in [1.54, 1.807) is 0 Å². The Balaban J connectivity index is 1.28. The smallest absolute Gasteiger partial charge is 0.172 e. The first-order valence-corrected chi connectivity index (χ1v) is 16.2. The molecule has 6 aliphatic rings. The summed E-state index contributed by atoms with van der Waals surface area (Å²) in [4.78, 5) is 0. The third kappa shape index (κ3) is 4.21. The highest BCUT2D eigenvalue weighted by Crippen LogP contribution is 2.71. The Bertz CT molecular complexity index is 904. The number of fused-ring (bicyclic) bond motifs is 7. The fourth-order valence-corrected chi connectivity index (χ4v) is 11.3. The van der Waals surface area contributed by atoms with Crippen molar-refractivity contribution >= 4 is 0 Å². The van der Waals surface area contributed by atoms with Gasteiger partial charge in [-0.15, -0.1) is 0 Å². The van der Waals surface area contributed by atoms with Crippen molar-refractivity contribution in [2.75, 3.05) is 13.2 Å². The average molecular weight is 529 g/mol. The Hall–Kier alpha value is -0.420. The first kappa shape index (κ1) is 27.7. The molecule has 4 nitrogen and oxygen atoms in total. The predicted octanol–water partition coefficient (Wildman–Crippen LogP) is 8.00. The van der Waals surface area contributed by atoms with Gasteiger partial charge in [-0.05, 0) is 111 Å². The van der Waals surface area contributed by atoms with Gasteiger partial charge in [0.1, 0.15) is 0 Å². The van der Waals surface area contributed by atoms with Crippen LogP contribution < -0.4 is 0 Å². The van der Waals surface area contributed by atoms with Crippen molar-refractivity contribution in [1.82, 2.24) is 0 Å². The maximum atomic E-state index is 6.69. The van der Waals surface area contributed by atoms with Crippen LogP contribution in [0.15, 0.2) is 12.2 Å². The second-order valence-corrected chi connectivity index (χ2v) is 15.6. The lowest BCUT2D eigenvalue weighted by Crippen LogP contribution is -2.65. The Morgan fingerprint density at radius 1 is 0.816 bits per heavy atom. The van der Waals surface area contributed by atoms with Gasteiger partial charge in [0.2, 0.25) is 0 Å². The molecule has 0 N–H and O–H groups in total. The number of hydrogen-bond acceptors (Lipinski definition) is 4. The Morgan fingerprint density at radius 3 is 2.18 bits per heavy atom. The van der Waals surface area contributed by atoms with Crippen LogP contribution in [-0.2, 0) is 18.9 Å². The molecular weight excluding hydrogens is 472 g/mol. The summed E-state index contributed by atoms with van der Waals surface area (Å²) >= 11 is 0. The Kier molecular flexibility index (Phi) is 6.98. The van der Waals surface area contributed by atoms with Crippen molar-refractivity contribution in [1.29, 1.82) is 0 Å². The maximum absolute atomic E-state index is 6.69. The third-order valence-electron chi connectivity index (χ3n) is 13.0. The van der Waals surface area contributed by atoms with Crippen LogP contribution in [-0.4, -0.2) is 37.0 Å². The minimum absolute atomic E-state index is 0.166. The van der Waals surface area contributed by atoms with E-state index in [0.717, 1.165) is 56.1 Å². The molecule has 2 saturated heterocycles. The summed E-state index contributed by atoms with van der Waals surface area (Å²) in [5.41, 5.74) is 0.592. The summed E-state index contributed by atoms with van der Waals surface area (Å²) < 4.78 is 26.3. The fraction of sp³-hybridized carbons (Fsp3) is 0.941. The molecule has 0 unspecified atom stereocenters. The summed E-state index contributed by atoms with van der Waals surface area (Å²) in [7, 11) is 0. The quantitative estimate of drug-likeness (QED) is 0.339. The highest BCUT2D eigenvalue weighted by molar-refractivity contribution is 5.16. The zero-order valence-electron chi connectivity index (χ0n) is 25.6. The van der Waals surface area contributed by atoms with Crippen molar-refractivity contribution in [3.8, 4) is 0 Å². The van der Waals surface area contributed by atoms with Gasteiger partial charge in [-0.3, -0.25) is 0 Å². The minimum Gasteiger partial charge on any atom is -0.347 e. The number of rotatable bonds is 5. The van der Waals surface area contributed by atoms with Gasteiger partial charge in [0, 0.05) is 12.3 Å². The Labute approximate surface area is 233 Å². The lowest BCUT2D eigenvalue weighted by atomic mass is 9.42. The predicted molar refractivity (Wildman–Crippen MR) is 151 cm³/mol. The van der Waals surface area contributed by atoms with Gasteiger partial charge in [-0.1, -0.05) is 53.7 Å². The molecule has 38 heavy (non-hydrogen) atoms. The van der Waals surface area contributed by atoms with Gasteiger partial charge in [-0.25, -0.2) is 0 Å². The summed E-state index contributed by atoms with van der Waals surface area (Å²) in [5, 5.41) is 0. The van der Waals surface area contributed by atoms with Crippen molar-refractivity contribution < 1.29 is 18.9 Å². The van der Waals surface area contributed by atoms with Crippen LogP contribution in [0.3, 0.4) is 0 Å². The van der Waals surface area contributed by atoms with Crippen LogP contribution >= 0.6 is 0 Å². The van der Waals surface area contributed by atoms with Crippen LogP contribution in [0.5, 0.6) is 0 Å². The van der Waals surface area contributed by atoms with Crippen molar-refractivity contribution in [3.05, 3.63) is 12.2 Å². The molecule has 0 amide bonds. The lowest BCUT2D eigenvalue weighted by Gasteiger charge is -2.65. The van der Waals surface area contributed by atoms with E-state index in [-0.39, 0.29) is 17.6 Å². The number of hydrogen-bond donors (Lipinski definition) is 0. The van der Waals surface area contributed by atoms with Crippen molar-refractivity contribution in [2.24, 2.45) is 58.2 Å². The van der Waals surface area contributed by atoms with Gasteiger partial charge < -0.3 is 18.9 Å². The van der Waals surface area contributed by atoms with Crippen molar-refractivity contribution in [2.45, 2.75) is 131 Å². The van der Waals surface area contributed by atoms with Crippen LogP contribution in [0.2, 0.25) is 0 Å². The molecular formula is C34H56O4. The molecule has 4 aliphatic carbocycles. The van der Waals surface area contributed by atoms with E-state index < -0.39 is 11.6 Å². The zero-order valence-corrected chi connectivity index (χ0v) is 25.6. The molecule has 0 bridgehead atoms. The fourth-order valence-electron chi connectivity index (χ4n) is 11.3. The van der Waals surface area contributed by atoms with E-state index in [9.17, 15) is 0 Å². The molecule has 6 rings (SSSR count). The highest BCUT2D eigenvalue weighted by Gasteiger charge is 2.70. The molecule has 0 aromatic carbocycles. The van der Waals surface area contributed by atoms with Gasteiger partial charge in [0.15, 0.2) is 11.6 Å². The summed E-state index contributed by atoms with van der Waals surface area (Å²) in [5.74, 6) is 4.52. The van der Waals surface area contributed by atoms with E-state index in [4.69, 9.17) is 18.9 Å². The van der Waals surface area contributed by atoms with E-state index >= 15 is 0 Å². The van der Waals surface area contributed by atoms with Crippen LogP contribution in [0, 0.1) is 58.2 Å². The highest BCUT2D eigenvalue weighted by atomic mass is 16.8. The molecule has 6 fully saturated rings. The second-order valence-electron chi connectivity index (χ2n) is 15.6. The number of ether oxygens (including phenoxy) is 4. The van der Waals surface area contributed by atoms with E-state index in [1.807, 2.05) is 0 Å². The topological polar surface area (TPSA) is 36.9 Å². The molecule has 0 radical (unpaired) electrons. The van der Waals surface area contributed by atoms with E-state index in [1.165, 1.54) is 32.1 Å². The monoisotopic (exact) mass is 528 g/mol. The first-order valence-electron chi connectivity index (χ1n) is 16.2. The molecule has 2 aliphatic heterocycles. The average Bonchev–Trinajstić information content (AvgIpc) is 3.52. The van der Waals surface area contributed by atoms with E-state index in [2.05, 4.69) is 67.5 Å².